The van der Waals surface area contributed by atoms with Gasteiger partial charge in [-0.1, -0.05) is 20.8 Å². The third kappa shape index (κ3) is 3.39. The van der Waals surface area contributed by atoms with Gasteiger partial charge in [0.15, 0.2) is 5.82 Å². The minimum Gasteiger partial charge on any atom is -0.307 e. The standard InChI is InChI=1S/C13H21BrN4O2S/c1-13(2,3)9-4-5-18(8-9)21(19,20)11-6-10(14)7-16-12(11)17-15/h6-7,9H,4-5,8,15H2,1-3H3,(H,16,17). The van der Waals surface area contributed by atoms with Gasteiger partial charge in [-0.3, -0.25) is 0 Å². The molecular weight excluding hydrogens is 356 g/mol. The molecular formula is C13H21BrN4O2S. The third-order valence-corrected chi connectivity index (χ3v) is 6.26. The average molecular weight is 377 g/mol. The van der Waals surface area contributed by atoms with Crippen molar-refractivity contribution in [3.8, 4) is 0 Å². The first-order chi connectivity index (χ1) is 9.66. The fraction of sp³-hybridized carbons (Fsp3) is 0.615. The minimum atomic E-state index is -3.60. The monoisotopic (exact) mass is 376 g/mol. The van der Waals surface area contributed by atoms with Gasteiger partial charge in [-0.2, -0.15) is 4.31 Å². The van der Waals surface area contributed by atoms with Crippen molar-refractivity contribution >= 4 is 31.8 Å². The predicted octanol–water partition coefficient (Wildman–Crippen LogP) is 2.19. The number of nitrogens with one attached hydrogen (secondary N) is 1. The number of nitrogens with two attached hydrogens (primary N) is 1. The zero-order valence-electron chi connectivity index (χ0n) is 12.4. The summed E-state index contributed by atoms with van der Waals surface area (Å²) in [4.78, 5) is 4.12. The fourth-order valence-electron chi connectivity index (χ4n) is 2.52. The van der Waals surface area contributed by atoms with Crippen LogP contribution in [-0.2, 0) is 10.0 Å². The van der Waals surface area contributed by atoms with E-state index in [4.69, 9.17) is 5.84 Å². The smallest absolute Gasteiger partial charge is 0.246 e. The molecule has 21 heavy (non-hydrogen) atoms. The Hall–Kier alpha value is -0.700. The van der Waals surface area contributed by atoms with Crippen LogP contribution in [0.2, 0.25) is 0 Å². The molecule has 3 N–H and O–H groups in total. The lowest BCUT2D eigenvalue weighted by Crippen LogP contribution is -2.32. The van der Waals surface area contributed by atoms with E-state index >= 15 is 0 Å². The first-order valence-corrected chi connectivity index (χ1v) is 9.02. The van der Waals surface area contributed by atoms with E-state index in [0.29, 0.717) is 23.5 Å². The maximum Gasteiger partial charge on any atom is 0.246 e. The van der Waals surface area contributed by atoms with Crippen molar-refractivity contribution in [2.24, 2.45) is 17.2 Å². The second-order valence-electron chi connectivity index (χ2n) is 6.36. The molecule has 1 aliphatic rings. The molecule has 0 radical (unpaired) electrons. The second kappa shape index (κ2) is 5.83. The molecule has 1 atom stereocenters. The van der Waals surface area contributed by atoms with Crippen LogP contribution < -0.4 is 11.3 Å². The van der Waals surface area contributed by atoms with E-state index in [1.807, 2.05) is 0 Å². The first-order valence-electron chi connectivity index (χ1n) is 6.78. The Balaban J connectivity index is 2.34. The third-order valence-electron chi connectivity index (χ3n) is 3.95. The highest BCUT2D eigenvalue weighted by Crippen LogP contribution is 2.36. The lowest BCUT2D eigenvalue weighted by Gasteiger charge is -2.27. The van der Waals surface area contributed by atoms with Crippen molar-refractivity contribution in [3.05, 3.63) is 16.7 Å². The maximum absolute atomic E-state index is 12.8. The van der Waals surface area contributed by atoms with Gasteiger partial charge < -0.3 is 5.43 Å². The number of hydrazine groups is 1. The normalized spacial score (nSPS) is 20.7. The largest absolute Gasteiger partial charge is 0.307 e. The number of halogens is 1. The molecule has 6 nitrogen and oxygen atoms in total. The predicted molar refractivity (Wildman–Crippen MR) is 86.1 cm³/mol. The summed E-state index contributed by atoms with van der Waals surface area (Å²) in [5, 5.41) is 0. The molecule has 1 fully saturated rings. The topological polar surface area (TPSA) is 88.3 Å². The van der Waals surface area contributed by atoms with E-state index in [1.165, 1.54) is 16.6 Å². The van der Waals surface area contributed by atoms with Crippen LogP contribution in [0.1, 0.15) is 27.2 Å². The van der Waals surface area contributed by atoms with E-state index < -0.39 is 10.0 Å². The SMILES string of the molecule is CC(C)(C)C1CCN(S(=O)(=O)c2cc(Br)cnc2NN)C1. The Morgan fingerprint density at radius 2 is 2.14 bits per heavy atom. The second-order valence-corrected chi connectivity index (χ2v) is 9.18. The van der Waals surface area contributed by atoms with Gasteiger partial charge in [-0.25, -0.2) is 19.2 Å². The zero-order chi connectivity index (χ0) is 15.8. The lowest BCUT2D eigenvalue weighted by atomic mass is 9.80. The highest BCUT2D eigenvalue weighted by atomic mass is 79.9. The maximum atomic E-state index is 12.8. The van der Waals surface area contributed by atoms with Crippen LogP contribution in [0.3, 0.4) is 0 Å². The number of nitrogens with zero attached hydrogens (tertiary/aromatic N) is 2. The summed E-state index contributed by atoms with van der Waals surface area (Å²) < 4.78 is 27.7. The number of nitrogen functional groups attached to an aromatic ring is 1. The Morgan fingerprint density at radius 1 is 1.48 bits per heavy atom. The van der Waals surface area contributed by atoms with Gasteiger partial charge in [-0.15, -0.1) is 0 Å². The summed E-state index contributed by atoms with van der Waals surface area (Å²) in [6.45, 7) is 7.48. The van der Waals surface area contributed by atoms with Crippen molar-refractivity contribution < 1.29 is 8.42 Å². The van der Waals surface area contributed by atoms with Gasteiger partial charge in [0.25, 0.3) is 0 Å². The summed E-state index contributed by atoms with van der Waals surface area (Å²) >= 11 is 3.26. The quantitative estimate of drug-likeness (QED) is 0.623. The van der Waals surface area contributed by atoms with E-state index in [1.54, 1.807) is 0 Å². The van der Waals surface area contributed by atoms with Gasteiger partial charge in [0.2, 0.25) is 10.0 Å². The molecule has 0 bridgehead atoms. The molecule has 0 saturated carbocycles. The van der Waals surface area contributed by atoms with Gasteiger partial charge in [0.05, 0.1) is 0 Å². The Labute approximate surface area is 134 Å². The van der Waals surface area contributed by atoms with Crippen LogP contribution >= 0.6 is 15.9 Å². The van der Waals surface area contributed by atoms with Gasteiger partial charge in [-0.05, 0) is 39.8 Å². The Morgan fingerprint density at radius 3 is 2.67 bits per heavy atom. The van der Waals surface area contributed by atoms with E-state index in [-0.39, 0.29) is 16.1 Å². The molecule has 1 aromatic heterocycles. The number of rotatable bonds is 3. The number of pyridine rings is 1. The van der Waals surface area contributed by atoms with E-state index in [0.717, 1.165) is 6.42 Å². The molecule has 1 aliphatic heterocycles. The molecule has 118 valence electrons. The van der Waals surface area contributed by atoms with Crippen LogP contribution in [0, 0.1) is 11.3 Å². The first kappa shape index (κ1) is 16.7. The van der Waals surface area contributed by atoms with Crippen molar-refractivity contribution in [2.45, 2.75) is 32.1 Å². The van der Waals surface area contributed by atoms with Crippen molar-refractivity contribution in [3.63, 3.8) is 0 Å². The van der Waals surface area contributed by atoms with E-state index in [2.05, 4.69) is 47.1 Å². The van der Waals surface area contributed by atoms with Crippen LogP contribution in [0.4, 0.5) is 5.82 Å². The molecule has 0 aromatic carbocycles. The molecule has 0 spiro atoms. The molecule has 0 aliphatic carbocycles. The average Bonchev–Trinajstić information content (AvgIpc) is 2.88. The Kier molecular flexibility index (Phi) is 4.63. The van der Waals surface area contributed by atoms with Crippen LogP contribution in [0.25, 0.3) is 0 Å². The molecule has 2 heterocycles. The van der Waals surface area contributed by atoms with Crippen LogP contribution in [0.15, 0.2) is 21.6 Å². The number of anilines is 1. The van der Waals surface area contributed by atoms with Crippen molar-refractivity contribution in [1.82, 2.24) is 9.29 Å². The van der Waals surface area contributed by atoms with Gasteiger partial charge in [0.1, 0.15) is 4.90 Å². The van der Waals surface area contributed by atoms with Crippen LogP contribution in [-0.4, -0.2) is 30.8 Å². The summed E-state index contributed by atoms with van der Waals surface area (Å²) in [7, 11) is -3.60. The summed E-state index contributed by atoms with van der Waals surface area (Å²) in [5.74, 6) is 5.89. The summed E-state index contributed by atoms with van der Waals surface area (Å²) in [6.07, 6.45) is 2.38. The number of aromatic nitrogens is 1. The molecule has 2 rings (SSSR count). The molecule has 1 aromatic rings. The Bertz CT molecular complexity index is 628. The zero-order valence-corrected chi connectivity index (χ0v) is 14.8. The number of hydrogen-bond donors (Lipinski definition) is 2. The molecule has 1 saturated heterocycles. The molecule has 8 heteroatoms. The molecule has 0 amide bonds. The number of sulfonamides is 1. The molecule has 1 unspecified atom stereocenters. The van der Waals surface area contributed by atoms with E-state index in [9.17, 15) is 8.42 Å². The van der Waals surface area contributed by atoms with Gasteiger partial charge >= 0.3 is 0 Å². The summed E-state index contributed by atoms with van der Waals surface area (Å²) in [5.41, 5.74) is 2.45. The van der Waals surface area contributed by atoms with Crippen LogP contribution in [0.5, 0.6) is 0 Å². The van der Waals surface area contributed by atoms with Crippen molar-refractivity contribution in [2.75, 3.05) is 18.5 Å². The number of hydrogen-bond acceptors (Lipinski definition) is 5. The highest BCUT2D eigenvalue weighted by Gasteiger charge is 2.38. The minimum absolute atomic E-state index is 0.0920. The lowest BCUT2D eigenvalue weighted by molar-refractivity contribution is 0.252. The summed E-state index contributed by atoms with van der Waals surface area (Å²) in [6, 6.07) is 1.53. The highest BCUT2D eigenvalue weighted by molar-refractivity contribution is 9.10. The van der Waals surface area contributed by atoms with Gasteiger partial charge in [0, 0.05) is 23.8 Å². The fourth-order valence-corrected chi connectivity index (χ4v) is 4.63. The van der Waals surface area contributed by atoms with Crippen molar-refractivity contribution in [1.29, 1.82) is 0 Å².